The third-order valence-corrected chi connectivity index (χ3v) is 4.20. The van der Waals surface area contributed by atoms with Crippen LogP contribution in [-0.2, 0) is 6.54 Å². The zero-order valence-corrected chi connectivity index (χ0v) is 15.2. The molecular formula is C21H23N3O2. The number of nitrogens with one attached hydrogen (secondary N) is 2. The minimum Gasteiger partial charge on any atom is -0.313 e. The van der Waals surface area contributed by atoms with E-state index >= 15 is 0 Å². The van der Waals surface area contributed by atoms with Crippen LogP contribution in [0, 0.1) is 12.8 Å². The predicted molar refractivity (Wildman–Crippen MR) is 107 cm³/mol. The monoisotopic (exact) mass is 349 g/mol. The van der Waals surface area contributed by atoms with Gasteiger partial charge in [0.25, 0.3) is 5.56 Å². The molecular weight excluding hydrogens is 326 g/mol. The minimum atomic E-state index is -0.334. The van der Waals surface area contributed by atoms with Crippen LogP contribution in [-0.4, -0.2) is 10.6 Å². The second kappa shape index (κ2) is 7.44. The molecule has 2 amide bonds. The van der Waals surface area contributed by atoms with Gasteiger partial charge in [-0.1, -0.05) is 50.2 Å². The molecule has 0 bridgehead atoms. The SMILES string of the molecule is Cc1ccccc1NC(=O)Nc1cn(CC(C)C)c(=O)c2ccccc12. The number of hydrogen-bond acceptors (Lipinski definition) is 2. The number of aryl methyl sites for hydroxylation is 1. The number of carbonyl (C=O) groups is 1. The number of aromatic nitrogens is 1. The lowest BCUT2D eigenvalue weighted by atomic mass is 10.1. The molecule has 3 rings (SSSR count). The predicted octanol–water partition coefficient (Wildman–Crippen LogP) is 4.61. The lowest BCUT2D eigenvalue weighted by Crippen LogP contribution is -2.25. The number of urea groups is 1. The molecule has 134 valence electrons. The number of rotatable bonds is 4. The van der Waals surface area contributed by atoms with Gasteiger partial charge in [0.1, 0.15) is 0 Å². The first-order chi connectivity index (χ1) is 12.5. The Morgan fingerprint density at radius 2 is 1.58 bits per heavy atom. The molecule has 2 N–H and O–H groups in total. The minimum absolute atomic E-state index is 0.0424. The fourth-order valence-corrected chi connectivity index (χ4v) is 2.96. The van der Waals surface area contributed by atoms with Crippen molar-refractivity contribution in [3.05, 3.63) is 70.6 Å². The van der Waals surface area contributed by atoms with Gasteiger partial charge in [0.05, 0.1) is 5.69 Å². The lowest BCUT2D eigenvalue weighted by molar-refractivity contribution is 0.262. The zero-order chi connectivity index (χ0) is 18.7. The third kappa shape index (κ3) is 3.77. The van der Waals surface area contributed by atoms with Gasteiger partial charge in [0.15, 0.2) is 0 Å². The van der Waals surface area contributed by atoms with E-state index in [0.29, 0.717) is 23.5 Å². The maximum atomic E-state index is 12.7. The summed E-state index contributed by atoms with van der Waals surface area (Å²) in [6, 6.07) is 14.6. The van der Waals surface area contributed by atoms with Gasteiger partial charge in [-0.25, -0.2) is 4.79 Å². The molecule has 0 atom stereocenters. The van der Waals surface area contributed by atoms with Crippen molar-refractivity contribution < 1.29 is 4.79 Å². The van der Waals surface area contributed by atoms with Crippen molar-refractivity contribution in [3.8, 4) is 0 Å². The highest BCUT2D eigenvalue weighted by molar-refractivity contribution is 6.06. The second-order valence-corrected chi connectivity index (χ2v) is 6.83. The van der Waals surface area contributed by atoms with Crippen LogP contribution in [0.5, 0.6) is 0 Å². The first-order valence-corrected chi connectivity index (χ1v) is 8.71. The van der Waals surface area contributed by atoms with Crippen molar-refractivity contribution >= 4 is 28.2 Å². The maximum Gasteiger partial charge on any atom is 0.323 e. The topological polar surface area (TPSA) is 63.1 Å². The van der Waals surface area contributed by atoms with Gasteiger partial charge in [-0.15, -0.1) is 0 Å². The first-order valence-electron chi connectivity index (χ1n) is 8.71. The summed E-state index contributed by atoms with van der Waals surface area (Å²) in [6.45, 7) is 6.64. The Labute approximate surface area is 152 Å². The quantitative estimate of drug-likeness (QED) is 0.722. The van der Waals surface area contributed by atoms with Gasteiger partial charge in [-0.3, -0.25) is 4.79 Å². The molecule has 1 aromatic heterocycles. The number of fused-ring (bicyclic) bond motifs is 1. The molecule has 0 fully saturated rings. The van der Waals surface area contributed by atoms with Crippen LogP contribution in [0.4, 0.5) is 16.2 Å². The van der Waals surface area contributed by atoms with Crippen LogP contribution in [0.15, 0.2) is 59.5 Å². The number of hydrogen-bond donors (Lipinski definition) is 2. The van der Waals surface area contributed by atoms with Gasteiger partial charge in [-0.05, 0) is 30.5 Å². The highest BCUT2D eigenvalue weighted by Gasteiger charge is 2.12. The fourth-order valence-electron chi connectivity index (χ4n) is 2.96. The summed E-state index contributed by atoms with van der Waals surface area (Å²) >= 11 is 0. The molecule has 0 unspecified atom stereocenters. The molecule has 2 aromatic carbocycles. The molecule has 0 spiro atoms. The van der Waals surface area contributed by atoms with E-state index < -0.39 is 0 Å². The van der Waals surface area contributed by atoms with Crippen LogP contribution in [0.3, 0.4) is 0 Å². The van der Waals surface area contributed by atoms with Crippen LogP contribution < -0.4 is 16.2 Å². The average molecular weight is 349 g/mol. The van der Waals surface area contributed by atoms with Crippen molar-refractivity contribution in [2.75, 3.05) is 10.6 Å². The second-order valence-electron chi connectivity index (χ2n) is 6.83. The van der Waals surface area contributed by atoms with Crippen LogP contribution >= 0.6 is 0 Å². The van der Waals surface area contributed by atoms with E-state index in [0.717, 1.165) is 16.6 Å². The largest absolute Gasteiger partial charge is 0.323 e. The van der Waals surface area contributed by atoms with E-state index in [9.17, 15) is 9.59 Å². The molecule has 5 nitrogen and oxygen atoms in total. The van der Waals surface area contributed by atoms with E-state index in [1.165, 1.54) is 0 Å². The standard InChI is InChI=1S/C21H23N3O2/c1-14(2)12-24-13-19(16-9-5-6-10-17(16)20(24)25)23-21(26)22-18-11-7-4-8-15(18)3/h4-11,13-14H,12H2,1-3H3,(H2,22,23,26). The molecule has 0 aliphatic heterocycles. The number of anilines is 2. The van der Waals surface area contributed by atoms with Crippen LogP contribution in [0.25, 0.3) is 10.8 Å². The summed E-state index contributed by atoms with van der Waals surface area (Å²) in [6.07, 6.45) is 1.72. The highest BCUT2D eigenvalue weighted by atomic mass is 16.2. The Hall–Kier alpha value is -3.08. The summed E-state index contributed by atoms with van der Waals surface area (Å²) in [5.74, 6) is 0.322. The van der Waals surface area contributed by atoms with Crippen molar-refractivity contribution in [2.45, 2.75) is 27.3 Å². The zero-order valence-electron chi connectivity index (χ0n) is 15.2. The number of carbonyl (C=O) groups excluding carboxylic acids is 1. The van der Waals surface area contributed by atoms with Crippen molar-refractivity contribution in [2.24, 2.45) is 5.92 Å². The van der Waals surface area contributed by atoms with Crippen LogP contribution in [0.2, 0.25) is 0 Å². The summed E-state index contributed by atoms with van der Waals surface area (Å²) in [4.78, 5) is 25.2. The molecule has 26 heavy (non-hydrogen) atoms. The van der Waals surface area contributed by atoms with Crippen molar-refractivity contribution in [3.63, 3.8) is 0 Å². The van der Waals surface area contributed by atoms with E-state index in [-0.39, 0.29) is 11.6 Å². The Kier molecular flexibility index (Phi) is 5.07. The Morgan fingerprint density at radius 1 is 0.962 bits per heavy atom. The highest BCUT2D eigenvalue weighted by Crippen LogP contribution is 2.21. The van der Waals surface area contributed by atoms with Gasteiger partial charge in [-0.2, -0.15) is 0 Å². The molecule has 0 radical (unpaired) electrons. The van der Waals surface area contributed by atoms with Crippen molar-refractivity contribution in [1.29, 1.82) is 0 Å². The maximum absolute atomic E-state index is 12.7. The number of para-hydroxylation sites is 1. The smallest absolute Gasteiger partial charge is 0.313 e. The summed E-state index contributed by atoms with van der Waals surface area (Å²) < 4.78 is 1.66. The summed E-state index contributed by atoms with van der Waals surface area (Å²) in [7, 11) is 0. The van der Waals surface area contributed by atoms with Gasteiger partial charge < -0.3 is 15.2 Å². The van der Waals surface area contributed by atoms with Gasteiger partial charge in [0.2, 0.25) is 0 Å². The van der Waals surface area contributed by atoms with Gasteiger partial charge >= 0.3 is 6.03 Å². The number of pyridine rings is 1. The van der Waals surface area contributed by atoms with E-state index in [2.05, 4.69) is 24.5 Å². The molecule has 0 aliphatic rings. The first kappa shape index (κ1) is 17.7. The lowest BCUT2D eigenvalue weighted by Gasteiger charge is -2.15. The molecule has 0 saturated heterocycles. The Morgan fingerprint density at radius 3 is 2.27 bits per heavy atom. The summed E-state index contributed by atoms with van der Waals surface area (Å²) in [5, 5.41) is 7.09. The molecule has 3 aromatic rings. The van der Waals surface area contributed by atoms with E-state index in [1.54, 1.807) is 16.8 Å². The average Bonchev–Trinajstić information content (AvgIpc) is 2.60. The Bertz CT molecular complexity index is 1010. The van der Waals surface area contributed by atoms with Crippen molar-refractivity contribution in [1.82, 2.24) is 4.57 Å². The molecule has 1 heterocycles. The van der Waals surface area contributed by atoms with E-state index in [4.69, 9.17) is 0 Å². The number of amides is 2. The molecule has 0 aliphatic carbocycles. The normalized spacial score (nSPS) is 10.9. The molecule has 0 saturated carbocycles. The fraction of sp³-hybridized carbons (Fsp3) is 0.238. The molecule has 5 heteroatoms. The summed E-state index contributed by atoms with van der Waals surface area (Å²) in [5.41, 5.74) is 2.31. The van der Waals surface area contributed by atoms with Crippen LogP contribution in [0.1, 0.15) is 19.4 Å². The third-order valence-electron chi connectivity index (χ3n) is 4.20. The Balaban J connectivity index is 1.96. The van der Waals surface area contributed by atoms with Gasteiger partial charge in [0, 0.05) is 29.2 Å². The number of benzene rings is 2. The van der Waals surface area contributed by atoms with E-state index in [1.807, 2.05) is 49.4 Å². The number of nitrogens with zero attached hydrogens (tertiary/aromatic N) is 1.